The second-order valence-electron chi connectivity index (χ2n) is 5.36. The van der Waals surface area contributed by atoms with Gasteiger partial charge in [0.2, 0.25) is 5.90 Å². The first kappa shape index (κ1) is 14.7. The first-order valence-corrected chi connectivity index (χ1v) is 7.78. The van der Waals surface area contributed by atoms with Gasteiger partial charge in [-0.25, -0.2) is 9.79 Å². The van der Waals surface area contributed by atoms with Gasteiger partial charge in [-0.05, 0) is 35.9 Å². The van der Waals surface area contributed by atoms with Crippen molar-refractivity contribution in [3.63, 3.8) is 0 Å². The molecule has 0 N–H and O–H groups in total. The Morgan fingerprint density at radius 1 is 1.08 bits per heavy atom. The van der Waals surface area contributed by atoms with Crippen molar-refractivity contribution in [3.8, 4) is 5.75 Å². The Hall–Kier alpha value is -2.85. The van der Waals surface area contributed by atoms with Crippen molar-refractivity contribution in [3.05, 3.63) is 82.0 Å². The number of hydrogen-bond donors (Lipinski definition) is 0. The largest absolute Gasteiger partial charge is 0.488 e. The minimum Gasteiger partial charge on any atom is -0.488 e. The number of rotatable bonds is 2. The van der Waals surface area contributed by atoms with Crippen molar-refractivity contribution in [2.45, 2.75) is 0 Å². The Kier molecular flexibility index (Phi) is 3.67. The maximum Gasteiger partial charge on any atom is 0.363 e. The highest BCUT2D eigenvalue weighted by Gasteiger charge is 2.26. The van der Waals surface area contributed by atoms with Gasteiger partial charge < -0.3 is 9.47 Å². The van der Waals surface area contributed by atoms with Gasteiger partial charge in [0, 0.05) is 5.56 Å². The molecule has 118 valence electrons. The van der Waals surface area contributed by atoms with E-state index in [1.54, 1.807) is 18.2 Å². The fourth-order valence-corrected chi connectivity index (χ4v) is 2.77. The highest BCUT2D eigenvalue weighted by molar-refractivity contribution is 6.34. The molecule has 0 aromatic heterocycles. The summed E-state index contributed by atoms with van der Waals surface area (Å²) in [7, 11) is 0. The standard InChI is InChI=1S/C19H12ClNO3/c20-15-7-3-2-6-14(15)18-21-16(19(22)24-18)10-12-9-13-5-1-4-8-17(13)23-11-12/h1-10H,11H2/b16-10-. The lowest BCUT2D eigenvalue weighted by Gasteiger charge is -2.15. The van der Waals surface area contributed by atoms with E-state index in [4.69, 9.17) is 21.1 Å². The van der Waals surface area contributed by atoms with E-state index in [0.29, 0.717) is 17.2 Å². The van der Waals surface area contributed by atoms with Crippen LogP contribution in [0.5, 0.6) is 5.75 Å². The molecule has 24 heavy (non-hydrogen) atoms. The smallest absolute Gasteiger partial charge is 0.363 e. The zero-order chi connectivity index (χ0) is 16.5. The van der Waals surface area contributed by atoms with E-state index in [9.17, 15) is 4.79 Å². The highest BCUT2D eigenvalue weighted by atomic mass is 35.5. The molecule has 0 saturated heterocycles. The zero-order valence-electron chi connectivity index (χ0n) is 12.5. The molecular formula is C19H12ClNO3. The predicted molar refractivity (Wildman–Crippen MR) is 92.1 cm³/mol. The number of ether oxygens (including phenoxy) is 2. The molecular weight excluding hydrogens is 326 g/mol. The molecule has 0 atom stereocenters. The van der Waals surface area contributed by atoms with Crippen LogP contribution in [0, 0.1) is 0 Å². The number of aliphatic imine (C=N–C) groups is 1. The summed E-state index contributed by atoms with van der Waals surface area (Å²) >= 11 is 6.12. The van der Waals surface area contributed by atoms with E-state index in [1.807, 2.05) is 42.5 Å². The molecule has 0 radical (unpaired) electrons. The van der Waals surface area contributed by atoms with E-state index in [0.717, 1.165) is 16.9 Å². The van der Waals surface area contributed by atoms with Crippen LogP contribution < -0.4 is 4.74 Å². The lowest BCUT2D eigenvalue weighted by molar-refractivity contribution is -0.130. The maximum atomic E-state index is 12.1. The van der Waals surface area contributed by atoms with Crippen LogP contribution in [0.2, 0.25) is 5.02 Å². The van der Waals surface area contributed by atoms with Crippen LogP contribution in [-0.2, 0) is 9.53 Å². The van der Waals surface area contributed by atoms with Crippen LogP contribution in [-0.4, -0.2) is 18.5 Å². The van der Waals surface area contributed by atoms with Crippen molar-refractivity contribution in [1.82, 2.24) is 0 Å². The summed E-state index contributed by atoms with van der Waals surface area (Å²) in [5, 5.41) is 0.486. The maximum absolute atomic E-state index is 12.1. The number of cyclic esters (lactones) is 1. The normalized spacial score (nSPS) is 17.7. The Bertz CT molecular complexity index is 928. The molecule has 2 heterocycles. The van der Waals surface area contributed by atoms with E-state index >= 15 is 0 Å². The molecule has 4 nitrogen and oxygen atoms in total. The Morgan fingerprint density at radius 3 is 2.75 bits per heavy atom. The summed E-state index contributed by atoms with van der Waals surface area (Å²) in [6.45, 7) is 0.380. The van der Waals surface area contributed by atoms with Gasteiger partial charge in [0.05, 0.1) is 10.6 Å². The minimum absolute atomic E-state index is 0.217. The topological polar surface area (TPSA) is 47.9 Å². The number of halogens is 1. The fraction of sp³-hybridized carbons (Fsp3) is 0.0526. The van der Waals surface area contributed by atoms with Crippen LogP contribution in [0.25, 0.3) is 6.08 Å². The van der Waals surface area contributed by atoms with Gasteiger partial charge in [-0.15, -0.1) is 0 Å². The van der Waals surface area contributed by atoms with Crippen LogP contribution >= 0.6 is 11.6 Å². The number of carbonyl (C=O) groups excluding carboxylic acids is 1. The Morgan fingerprint density at radius 2 is 1.88 bits per heavy atom. The summed E-state index contributed by atoms with van der Waals surface area (Å²) in [5.74, 6) is 0.549. The lowest BCUT2D eigenvalue weighted by Crippen LogP contribution is -2.08. The van der Waals surface area contributed by atoms with Crippen molar-refractivity contribution in [2.75, 3.05) is 6.61 Å². The lowest BCUT2D eigenvalue weighted by atomic mass is 10.1. The number of carbonyl (C=O) groups is 1. The molecule has 2 aliphatic rings. The number of esters is 1. The second-order valence-corrected chi connectivity index (χ2v) is 5.77. The Labute approximate surface area is 143 Å². The molecule has 2 aliphatic heterocycles. The van der Waals surface area contributed by atoms with E-state index in [1.165, 1.54) is 0 Å². The third kappa shape index (κ3) is 2.72. The fourth-order valence-electron chi connectivity index (χ4n) is 2.55. The number of para-hydroxylation sites is 1. The number of fused-ring (bicyclic) bond motifs is 1. The van der Waals surface area contributed by atoms with Gasteiger partial charge in [-0.3, -0.25) is 0 Å². The molecule has 0 amide bonds. The van der Waals surface area contributed by atoms with Gasteiger partial charge in [-0.1, -0.05) is 41.9 Å². The van der Waals surface area contributed by atoms with Crippen LogP contribution in [0.4, 0.5) is 0 Å². The molecule has 5 heteroatoms. The first-order valence-electron chi connectivity index (χ1n) is 7.40. The molecule has 0 bridgehead atoms. The summed E-state index contributed by atoms with van der Waals surface area (Å²) in [4.78, 5) is 16.3. The van der Waals surface area contributed by atoms with Gasteiger partial charge in [-0.2, -0.15) is 0 Å². The van der Waals surface area contributed by atoms with Crippen molar-refractivity contribution in [1.29, 1.82) is 0 Å². The quantitative estimate of drug-likeness (QED) is 0.614. The predicted octanol–water partition coefficient (Wildman–Crippen LogP) is 4.00. The SMILES string of the molecule is O=C1OC(c2ccccc2Cl)=N/C1=C\C1=Cc2ccccc2OC1. The monoisotopic (exact) mass is 337 g/mol. The Balaban J connectivity index is 1.67. The molecule has 4 rings (SSSR count). The highest BCUT2D eigenvalue weighted by Crippen LogP contribution is 2.28. The van der Waals surface area contributed by atoms with E-state index in [2.05, 4.69) is 4.99 Å². The average Bonchev–Trinajstić information content (AvgIpc) is 2.96. The van der Waals surface area contributed by atoms with Gasteiger partial charge in [0.15, 0.2) is 5.70 Å². The van der Waals surface area contributed by atoms with Gasteiger partial charge >= 0.3 is 5.97 Å². The van der Waals surface area contributed by atoms with Crippen LogP contribution in [0.3, 0.4) is 0 Å². The number of hydrogen-bond acceptors (Lipinski definition) is 4. The van der Waals surface area contributed by atoms with Crippen LogP contribution in [0.15, 0.2) is 70.9 Å². The summed E-state index contributed by atoms with van der Waals surface area (Å²) < 4.78 is 10.9. The molecule has 0 saturated carbocycles. The average molecular weight is 338 g/mol. The summed E-state index contributed by atoms with van der Waals surface area (Å²) in [6.07, 6.45) is 3.66. The van der Waals surface area contributed by atoms with Crippen molar-refractivity contribution >= 4 is 29.5 Å². The first-order chi connectivity index (χ1) is 11.7. The molecule has 0 unspecified atom stereocenters. The summed E-state index contributed by atoms with van der Waals surface area (Å²) in [6, 6.07) is 14.8. The molecule has 0 fully saturated rings. The molecule has 2 aromatic rings. The minimum atomic E-state index is -0.496. The third-order valence-electron chi connectivity index (χ3n) is 3.70. The number of benzene rings is 2. The molecule has 0 spiro atoms. The molecule has 0 aliphatic carbocycles. The van der Waals surface area contributed by atoms with E-state index < -0.39 is 5.97 Å². The molecule has 2 aromatic carbocycles. The van der Waals surface area contributed by atoms with Crippen LogP contribution in [0.1, 0.15) is 11.1 Å². The van der Waals surface area contributed by atoms with Crippen molar-refractivity contribution < 1.29 is 14.3 Å². The number of nitrogens with zero attached hydrogens (tertiary/aromatic N) is 1. The zero-order valence-corrected chi connectivity index (χ0v) is 13.3. The van der Waals surface area contributed by atoms with E-state index in [-0.39, 0.29) is 11.6 Å². The summed E-state index contributed by atoms with van der Waals surface area (Å²) in [5.41, 5.74) is 2.65. The van der Waals surface area contributed by atoms with Gasteiger partial charge in [0.25, 0.3) is 0 Å². The van der Waals surface area contributed by atoms with Crippen molar-refractivity contribution in [2.24, 2.45) is 4.99 Å². The second kappa shape index (κ2) is 5.98. The van der Waals surface area contributed by atoms with Gasteiger partial charge in [0.1, 0.15) is 12.4 Å². The third-order valence-corrected chi connectivity index (χ3v) is 4.03.